The van der Waals surface area contributed by atoms with Crippen molar-refractivity contribution < 1.29 is 31.8 Å². The van der Waals surface area contributed by atoms with Crippen LogP contribution in [0.3, 0.4) is 0 Å². The third-order valence-corrected chi connectivity index (χ3v) is 6.60. The lowest BCUT2D eigenvalue weighted by atomic mass is 9.98. The number of ether oxygens (including phenoxy) is 1. The molecule has 168 valence electrons. The van der Waals surface area contributed by atoms with E-state index in [2.05, 4.69) is 10.0 Å². The summed E-state index contributed by atoms with van der Waals surface area (Å²) >= 11 is 0. The van der Waals surface area contributed by atoms with Gasteiger partial charge in [0.25, 0.3) is 5.91 Å². The second-order valence-corrected chi connectivity index (χ2v) is 8.98. The van der Waals surface area contributed by atoms with Crippen molar-refractivity contribution in [2.75, 3.05) is 13.2 Å². The van der Waals surface area contributed by atoms with E-state index in [0.29, 0.717) is 19.3 Å². The molecule has 1 amide bonds. The van der Waals surface area contributed by atoms with Gasteiger partial charge in [-0.2, -0.15) is 0 Å². The van der Waals surface area contributed by atoms with Gasteiger partial charge in [0.1, 0.15) is 11.6 Å². The molecule has 2 aromatic carbocycles. The van der Waals surface area contributed by atoms with Crippen molar-refractivity contribution in [3.05, 3.63) is 65.7 Å². The Hall–Kier alpha value is -2.40. The molecule has 0 radical (unpaired) electrons. The molecule has 1 fully saturated rings. The zero-order valence-corrected chi connectivity index (χ0v) is 17.4. The fraction of sp³-hybridized carbons (Fsp3) is 0.381. The van der Waals surface area contributed by atoms with Gasteiger partial charge in [-0.3, -0.25) is 4.79 Å². The molecule has 1 aliphatic heterocycles. The number of halogens is 2. The Balaban J connectivity index is 1.51. The van der Waals surface area contributed by atoms with Gasteiger partial charge in [-0.05, 0) is 55.7 Å². The summed E-state index contributed by atoms with van der Waals surface area (Å²) < 4.78 is 60.0. The van der Waals surface area contributed by atoms with Crippen LogP contribution >= 0.6 is 0 Å². The Morgan fingerprint density at radius 1 is 1.10 bits per heavy atom. The van der Waals surface area contributed by atoms with Gasteiger partial charge in [0, 0.05) is 6.54 Å². The molecule has 3 atom stereocenters. The molecule has 0 spiro atoms. The molecule has 0 saturated carbocycles. The molecule has 7 nitrogen and oxygen atoms in total. The average Bonchev–Trinajstić information content (AvgIpc) is 2.75. The minimum Gasteiger partial charge on any atom is -0.394 e. The maximum Gasteiger partial charge on any atom is 0.254 e. The van der Waals surface area contributed by atoms with Crippen molar-refractivity contribution >= 4 is 15.9 Å². The molecular weight excluding hydrogens is 430 g/mol. The van der Waals surface area contributed by atoms with E-state index in [-0.39, 0.29) is 23.1 Å². The topological polar surface area (TPSA) is 105 Å². The largest absolute Gasteiger partial charge is 0.394 e. The summed E-state index contributed by atoms with van der Waals surface area (Å²) in [6, 6.07) is 9.46. The van der Waals surface area contributed by atoms with E-state index in [9.17, 15) is 27.1 Å². The van der Waals surface area contributed by atoms with Gasteiger partial charge in [0.05, 0.1) is 35.3 Å². The minimum atomic E-state index is -3.90. The molecule has 1 heterocycles. The fourth-order valence-electron chi connectivity index (χ4n) is 3.45. The minimum absolute atomic E-state index is 0.0458. The predicted octanol–water partition coefficient (Wildman–Crippen LogP) is 1.97. The van der Waals surface area contributed by atoms with Crippen LogP contribution < -0.4 is 10.0 Å². The summed E-state index contributed by atoms with van der Waals surface area (Å²) in [4.78, 5) is 12.0. The molecule has 1 saturated heterocycles. The van der Waals surface area contributed by atoms with E-state index < -0.39 is 46.3 Å². The lowest BCUT2D eigenvalue weighted by Crippen LogP contribution is -2.51. The number of aliphatic hydroxyl groups is 1. The standard InChI is InChI=1S/C21H24F2N2O5S/c22-14-5-8-16(9-6-14)31(28,29)25-19-10-7-15(30-20(19)13-26)11-12-24-21(27)17-3-1-2-4-18(17)23/h1-6,8-9,15,19-20,25-26H,7,10-13H2,(H,24,27)/t15-,19+,20+/m0/s1. The van der Waals surface area contributed by atoms with E-state index in [0.717, 1.165) is 24.3 Å². The highest BCUT2D eigenvalue weighted by Gasteiger charge is 2.33. The number of sulfonamides is 1. The summed E-state index contributed by atoms with van der Waals surface area (Å²) in [6.45, 7) is -0.156. The van der Waals surface area contributed by atoms with Gasteiger partial charge in [-0.25, -0.2) is 21.9 Å². The van der Waals surface area contributed by atoms with Gasteiger partial charge in [0.2, 0.25) is 10.0 Å². The third kappa shape index (κ3) is 6.07. The molecule has 3 N–H and O–H groups in total. The van der Waals surface area contributed by atoms with E-state index in [4.69, 9.17) is 4.74 Å². The Kier molecular flexibility index (Phi) is 7.71. The van der Waals surface area contributed by atoms with Crippen molar-refractivity contribution in [3.63, 3.8) is 0 Å². The smallest absolute Gasteiger partial charge is 0.254 e. The Morgan fingerprint density at radius 3 is 2.48 bits per heavy atom. The van der Waals surface area contributed by atoms with Gasteiger partial charge in [-0.1, -0.05) is 12.1 Å². The second kappa shape index (κ2) is 10.3. The predicted molar refractivity (Wildman–Crippen MR) is 109 cm³/mol. The number of rotatable bonds is 8. The molecule has 10 heteroatoms. The zero-order valence-electron chi connectivity index (χ0n) is 16.6. The van der Waals surface area contributed by atoms with Gasteiger partial charge >= 0.3 is 0 Å². The summed E-state index contributed by atoms with van der Waals surface area (Å²) in [5.74, 6) is -1.68. The summed E-state index contributed by atoms with van der Waals surface area (Å²) in [6.07, 6.45) is 0.273. The lowest BCUT2D eigenvalue weighted by molar-refractivity contribution is -0.0871. The highest BCUT2D eigenvalue weighted by Crippen LogP contribution is 2.23. The first-order valence-corrected chi connectivity index (χ1v) is 11.4. The number of carbonyl (C=O) groups is 1. The molecule has 31 heavy (non-hydrogen) atoms. The first kappa shape index (κ1) is 23.3. The first-order valence-electron chi connectivity index (χ1n) is 9.87. The number of aliphatic hydroxyl groups excluding tert-OH is 1. The van der Waals surface area contributed by atoms with Crippen LogP contribution in [0.25, 0.3) is 0 Å². The Bertz CT molecular complexity index is 1000. The normalized spacial score (nSPS) is 21.6. The number of hydrogen-bond acceptors (Lipinski definition) is 5. The SMILES string of the molecule is O=C(NCC[C@@H]1CC[C@@H](NS(=O)(=O)c2ccc(F)cc2)[C@@H](CO)O1)c1ccccc1F. The van der Waals surface area contributed by atoms with Gasteiger partial charge in [0.15, 0.2) is 0 Å². The first-order chi connectivity index (χ1) is 14.8. The van der Waals surface area contributed by atoms with Crippen LogP contribution in [-0.4, -0.2) is 50.8 Å². The Morgan fingerprint density at radius 2 is 1.81 bits per heavy atom. The van der Waals surface area contributed by atoms with Crippen molar-refractivity contribution in [1.29, 1.82) is 0 Å². The van der Waals surface area contributed by atoms with Crippen molar-refractivity contribution in [3.8, 4) is 0 Å². The van der Waals surface area contributed by atoms with Crippen LogP contribution in [0.5, 0.6) is 0 Å². The van der Waals surface area contributed by atoms with E-state index in [1.165, 1.54) is 18.2 Å². The fourth-order valence-corrected chi connectivity index (χ4v) is 4.75. The van der Waals surface area contributed by atoms with Gasteiger partial charge < -0.3 is 15.2 Å². The Labute approximate surface area is 179 Å². The summed E-state index contributed by atoms with van der Waals surface area (Å²) in [7, 11) is -3.90. The van der Waals surface area contributed by atoms with E-state index in [1.807, 2.05) is 0 Å². The number of hydrogen-bond donors (Lipinski definition) is 3. The third-order valence-electron chi connectivity index (χ3n) is 5.10. The number of amides is 1. The number of benzene rings is 2. The molecule has 3 rings (SSSR count). The quantitative estimate of drug-likeness (QED) is 0.566. The highest BCUT2D eigenvalue weighted by molar-refractivity contribution is 7.89. The van der Waals surface area contributed by atoms with Crippen LogP contribution in [0, 0.1) is 11.6 Å². The molecule has 0 aromatic heterocycles. The van der Waals surface area contributed by atoms with Crippen molar-refractivity contribution in [2.45, 2.75) is 42.4 Å². The lowest BCUT2D eigenvalue weighted by Gasteiger charge is -2.36. The maximum absolute atomic E-state index is 13.7. The molecule has 1 aliphatic rings. The molecular formula is C21H24F2N2O5S. The monoisotopic (exact) mass is 454 g/mol. The maximum atomic E-state index is 13.7. The molecule has 0 aliphatic carbocycles. The van der Waals surface area contributed by atoms with Gasteiger partial charge in [-0.15, -0.1) is 0 Å². The van der Waals surface area contributed by atoms with Crippen molar-refractivity contribution in [2.24, 2.45) is 0 Å². The van der Waals surface area contributed by atoms with Crippen molar-refractivity contribution in [1.82, 2.24) is 10.0 Å². The molecule has 0 bridgehead atoms. The van der Waals surface area contributed by atoms with E-state index >= 15 is 0 Å². The van der Waals surface area contributed by atoms with Crippen LogP contribution in [0.1, 0.15) is 29.6 Å². The number of carbonyl (C=O) groups excluding carboxylic acids is 1. The van der Waals surface area contributed by atoms with Crippen LogP contribution in [-0.2, 0) is 14.8 Å². The van der Waals surface area contributed by atoms with E-state index in [1.54, 1.807) is 6.07 Å². The zero-order chi connectivity index (χ0) is 22.4. The highest BCUT2D eigenvalue weighted by atomic mass is 32.2. The summed E-state index contributed by atoms with van der Waals surface area (Å²) in [5.41, 5.74) is -0.0458. The molecule has 2 aromatic rings. The van der Waals surface area contributed by atoms with Crippen LogP contribution in [0.15, 0.2) is 53.4 Å². The van der Waals surface area contributed by atoms with Crippen LogP contribution in [0.2, 0.25) is 0 Å². The molecule has 0 unspecified atom stereocenters. The van der Waals surface area contributed by atoms with Crippen LogP contribution in [0.4, 0.5) is 8.78 Å². The summed E-state index contributed by atoms with van der Waals surface area (Å²) in [5, 5.41) is 12.3. The second-order valence-electron chi connectivity index (χ2n) is 7.26. The average molecular weight is 454 g/mol. The number of nitrogens with one attached hydrogen (secondary N) is 2.